The van der Waals surface area contributed by atoms with Crippen LogP contribution in [0.15, 0.2) is 39.9 Å². The molecule has 0 saturated carbocycles. The molecule has 0 aliphatic heterocycles. The molecule has 0 unspecified atom stereocenters. The van der Waals surface area contributed by atoms with E-state index >= 15 is 0 Å². The summed E-state index contributed by atoms with van der Waals surface area (Å²) < 4.78 is 23.5. The summed E-state index contributed by atoms with van der Waals surface area (Å²) in [6, 6.07) is 6.25. The molecular weight excluding hydrogens is 312 g/mol. The Morgan fingerprint density at radius 1 is 1.33 bits per heavy atom. The van der Waals surface area contributed by atoms with Crippen molar-refractivity contribution in [1.82, 2.24) is 0 Å². The summed E-state index contributed by atoms with van der Waals surface area (Å²) in [6.45, 7) is 0.470. The number of benzene rings is 1. The van der Waals surface area contributed by atoms with Gasteiger partial charge >= 0.3 is 5.69 Å². The van der Waals surface area contributed by atoms with Gasteiger partial charge in [0, 0.05) is 19.8 Å². The average Bonchev–Trinajstić information content (AvgIpc) is 2.89. The lowest BCUT2D eigenvalue weighted by Gasteiger charge is -2.19. The summed E-state index contributed by atoms with van der Waals surface area (Å²) in [4.78, 5) is 12.1. The van der Waals surface area contributed by atoms with Crippen LogP contribution in [-0.2, 0) is 16.4 Å². The average molecular weight is 326 g/mol. The van der Waals surface area contributed by atoms with Crippen LogP contribution in [0.1, 0.15) is 5.56 Å². The van der Waals surface area contributed by atoms with E-state index < -0.39 is 14.8 Å². The maximum absolute atomic E-state index is 11.7. The lowest BCUT2D eigenvalue weighted by Crippen LogP contribution is -2.18. The molecule has 1 heterocycles. The van der Waals surface area contributed by atoms with Crippen LogP contribution in [0.5, 0.6) is 0 Å². The molecule has 2 rings (SSSR count). The van der Waals surface area contributed by atoms with E-state index in [0.29, 0.717) is 6.54 Å². The monoisotopic (exact) mass is 326 g/mol. The van der Waals surface area contributed by atoms with E-state index in [1.165, 1.54) is 23.5 Å². The molecule has 0 spiro atoms. The molecule has 1 aromatic heterocycles. The van der Waals surface area contributed by atoms with Gasteiger partial charge < -0.3 is 4.90 Å². The number of hydrogen-bond acceptors (Lipinski definition) is 6. The largest absolute Gasteiger partial charge is 0.365 e. The van der Waals surface area contributed by atoms with Crippen LogP contribution in [0.25, 0.3) is 0 Å². The number of anilines is 1. The van der Waals surface area contributed by atoms with Crippen molar-refractivity contribution < 1.29 is 13.3 Å². The van der Waals surface area contributed by atoms with Crippen molar-refractivity contribution in [3.05, 3.63) is 50.7 Å². The van der Waals surface area contributed by atoms with Crippen LogP contribution in [0.4, 0.5) is 11.4 Å². The van der Waals surface area contributed by atoms with E-state index in [0.717, 1.165) is 11.8 Å². The summed E-state index contributed by atoms with van der Waals surface area (Å²) in [7, 11) is -1.96. The zero-order valence-corrected chi connectivity index (χ0v) is 13.1. The van der Waals surface area contributed by atoms with Gasteiger partial charge in [-0.25, -0.2) is 8.42 Å². The Morgan fingerprint density at radius 3 is 2.57 bits per heavy atom. The number of rotatable bonds is 5. The molecule has 0 aliphatic carbocycles. The molecule has 2 aromatic rings. The van der Waals surface area contributed by atoms with Crippen LogP contribution in [0.3, 0.4) is 0 Å². The normalized spacial score (nSPS) is 11.3. The molecule has 112 valence electrons. The van der Waals surface area contributed by atoms with E-state index in [1.807, 2.05) is 16.8 Å². The highest BCUT2D eigenvalue weighted by Gasteiger charge is 2.27. The van der Waals surface area contributed by atoms with Gasteiger partial charge in [-0.3, -0.25) is 10.1 Å². The van der Waals surface area contributed by atoms with Gasteiger partial charge in [-0.2, -0.15) is 11.3 Å². The number of sulfone groups is 1. The minimum absolute atomic E-state index is 0.262. The van der Waals surface area contributed by atoms with Crippen molar-refractivity contribution in [1.29, 1.82) is 0 Å². The maximum Gasteiger partial charge on any atom is 0.311 e. The number of nitrogens with zero attached hydrogens (tertiary/aromatic N) is 2. The van der Waals surface area contributed by atoms with Crippen LogP contribution >= 0.6 is 11.3 Å². The Morgan fingerprint density at radius 2 is 2.05 bits per heavy atom. The summed E-state index contributed by atoms with van der Waals surface area (Å²) in [6.07, 6.45) is 0.970. The molecule has 0 amide bonds. The third kappa shape index (κ3) is 3.40. The van der Waals surface area contributed by atoms with E-state index in [-0.39, 0.29) is 16.3 Å². The minimum Gasteiger partial charge on any atom is -0.365 e. The number of thiophene rings is 1. The van der Waals surface area contributed by atoms with Crippen LogP contribution in [-0.4, -0.2) is 26.6 Å². The molecule has 0 radical (unpaired) electrons. The van der Waals surface area contributed by atoms with Crippen LogP contribution in [0, 0.1) is 10.1 Å². The highest BCUT2D eigenvalue weighted by Crippen LogP contribution is 2.34. The van der Waals surface area contributed by atoms with Crippen LogP contribution < -0.4 is 4.90 Å². The number of hydrogen-bond donors (Lipinski definition) is 0. The fourth-order valence-electron chi connectivity index (χ4n) is 2.04. The molecule has 0 atom stereocenters. The topological polar surface area (TPSA) is 80.5 Å². The van der Waals surface area contributed by atoms with Crippen molar-refractivity contribution >= 4 is 32.5 Å². The molecule has 0 aliphatic rings. The van der Waals surface area contributed by atoms with Crippen molar-refractivity contribution in [2.45, 2.75) is 11.4 Å². The second kappa shape index (κ2) is 5.82. The second-order valence-electron chi connectivity index (χ2n) is 4.64. The molecule has 0 fully saturated rings. The first-order chi connectivity index (χ1) is 9.80. The summed E-state index contributed by atoms with van der Waals surface area (Å²) in [5, 5.41) is 15.2. The van der Waals surface area contributed by atoms with Gasteiger partial charge in [0.2, 0.25) is 0 Å². The Kier molecular flexibility index (Phi) is 4.29. The summed E-state index contributed by atoms with van der Waals surface area (Å²) in [5.41, 5.74) is 0.924. The molecule has 21 heavy (non-hydrogen) atoms. The standard InChI is InChI=1S/C13H14N2O4S2/c1-14(8-10-6-7-20-9-10)11-4-3-5-12(21(2,18)19)13(11)15(16)17/h3-7,9H,8H2,1-2H3. The first kappa shape index (κ1) is 15.5. The summed E-state index contributed by atoms with van der Waals surface area (Å²) in [5.74, 6) is 0. The Bertz CT molecular complexity index is 754. The van der Waals surface area contributed by atoms with Crippen molar-refractivity contribution in [2.75, 3.05) is 18.2 Å². The van der Waals surface area contributed by atoms with Crippen molar-refractivity contribution in [3.8, 4) is 0 Å². The third-order valence-electron chi connectivity index (χ3n) is 2.97. The molecule has 8 heteroatoms. The van der Waals surface area contributed by atoms with Gasteiger partial charge in [0.25, 0.3) is 0 Å². The first-order valence-electron chi connectivity index (χ1n) is 6.00. The van der Waals surface area contributed by atoms with E-state index in [1.54, 1.807) is 18.0 Å². The van der Waals surface area contributed by atoms with Crippen LogP contribution in [0.2, 0.25) is 0 Å². The Balaban J connectivity index is 2.50. The fraction of sp³-hybridized carbons (Fsp3) is 0.231. The summed E-state index contributed by atoms with van der Waals surface area (Å²) >= 11 is 1.54. The van der Waals surface area contributed by atoms with Gasteiger partial charge in [-0.1, -0.05) is 6.07 Å². The van der Waals surface area contributed by atoms with Gasteiger partial charge in [-0.15, -0.1) is 0 Å². The first-order valence-corrected chi connectivity index (χ1v) is 8.84. The van der Waals surface area contributed by atoms with E-state index in [4.69, 9.17) is 0 Å². The molecule has 6 nitrogen and oxygen atoms in total. The molecule has 0 N–H and O–H groups in total. The maximum atomic E-state index is 11.7. The van der Waals surface area contributed by atoms with Gasteiger partial charge in [-0.05, 0) is 34.5 Å². The lowest BCUT2D eigenvalue weighted by atomic mass is 10.2. The van der Waals surface area contributed by atoms with E-state index in [2.05, 4.69) is 0 Å². The number of nitro benzene ring substituents is 1. The van der Waals surface area contributed by atoms with E-state index in [9.17, 15) is 18.5 Å². The fourth-order valence-corrected chi connectivity index (χ4v) is 3.56. The third-order valence-corrected chi connectivity index (χ3v) is 4.83. The lowest BCUT2D eigenvalue weighted by molar-refractivity contribution is -0.387. The zero-order valence-electron chi connectivity index (χ0n) is 11.5. The Labute approximate surface area is 126 Å². The SMILES string of the molecule is CN(Cc1ccsc1)c1cccc(S(C)(=O)=O)c1[N+](=O)[O-]. The quantitative estimate of drug-likeness (QED) is 0.623. The van der Waals surface area contributed by atoms with Gasteiger partial charge in [0.05, 0.1) is 4.92 Å². The smallest absolute Gasteiger partial charge is 0.311 e. The molecular formula is C13H14N2O4S2. The minimum atomic E-state index is -3.66. The number of para-hydroxylation sites is 1. The molecule has 1 aromatic carbocycles. The van der Waals surface area contributed by atoms with Crippen molar-refractivity contribution in [2.24, 2.45) is 0 Å². The zero-order chi connectivity index (χ0) is 15.6. The highest BCUT2D eigenvalue weighted by molar-refractivity contribution is 7.90. The predicted molar refractivity (Wildman–Crippen MR) is 82.6 cm³/mol. The Hall–Kier alpha value is -1.93. The highest BCUT2D eigenvalue weighted by atomic mass is 32.2. The number of nitro groups is 1. The predicted octanol–water partition coefficient (Wildman–Crippen LogP) is 2.70. The second-order valence-corrected chi connectivity index (χ2v) is 7.41. The van der Waals surface area contributed by atoms with Crippen molar-refractivity contribution in [3.63, 3.8) is 0 Å². The van der Waals surface area contributed by atoms with Gasteiger partial charge in [0.15, 0.2) is 9.84 Å². The molecule has 0 saturated heterocycles. The van der Waals surface area contributed by atoms with Gasteiger partial charge in [0.1, 0.15) is 10.6 Å². The molecule has 0 bridgehead atoms.